The number of benzene rings is 2. The number of anilines is 1. The topological polar surface area (TPSA) is 63.7 Å². The van der Waals surface area contributed by atoms with Crippen molar-refractivity contribution in [3.05, 3.63) is 71.3 Å². The highest BCUT2D eigenvalue weighted by molar-refractivity contribution is 6.35. The summed E-state index contributed by atoms with van der Waals surface area (Å²) in [4.78, 5) is 39.2. The number of ether oxygens (including phenoxy) is 1. The number of carbonyl (C=O) groups is 3. The predicted octanol–water partition coefficient (Wildman–Crippen LogP) is 4.23. The smallest absolute Gasteiger partial charge is 0.338 e. The molecule has 140 valence electrons. The van der Waals surface area contributed by atoms with Crippen molar-refractivity contribution in [3.8, 4) is 5.75 Å². The van der Waals surface area contributed by atoms with Gasteiger partial charge < -0.3 is 4.74 Å². The van der Waals surface area contributed by atoms with E-state index in [0.717, 1.165) is 5.57 Å². The van der Waals surface area contributed by atoms with E-state index in [1.54, 1.807) is 37.3 Å². The molecule has 0 spiro atoms. The second kappa shape index (κ2) is 6.60. The zero-order chi connectivity index (χ0) is 20.0. The molecule has 0 unspecified atom stereocenters. The molecule has 0 saturated heterocycles. The maximum absolute atomic E-state index is 13.0. The van der Waals surface area contributed by atoms with Gasteiger partial charge in [-0.05, 0) is 38.8 Å². The van der Waals surface area contributed by atoms with Gasteiger partial charge in [-0.3, -0.25) is 9.59 Å². The van der Waals surface area contributed by atoms with Gasteiger partial charge in [0.05, 0.1) is 5.69 Å². The number of allylic oxidation sites excluding steroid dienone is 2. The quantitative estimate of drug-likeness (QED) is 0.266. The molecule has 5 heteroatoms. The summed E-state index contributed by atoms with van der Waals surface area (Å²) >= 11 is 0. The molecule has 2 aromatic rings. The molecule has 0 bridgehead atoms. The van der Waals surface area contributed by atoms with Crippen LogP contribution in [-0.2, 0) is 14.4 Å². The van der Waals surface area contributed by atoms with E-state index in [4.69, 9.17) is 4.74 Å². The molecular weight excluding hydrogens is 354 g/mol. The number of imide groups is 1. The first-order chi connectivity index (χ1) is 13.4. The second-order valence-corrected chi connectivity index (χ2v) is 7.13. The lowest BCUT2D eigenvalue weighted by molar-refractivity contribution is -0.130. The van der Waals surface area contributed by atoms with Crippen molar-refractivity contribution in [3.63, 3.8) is 0 Å². The zero-order valence-electron chi connectivity index (χ0n) is 15.7. The molecule has 4 rings (SSSR count). The summed E-state index contributed by atoms with van der Waals surface area (Å²) < 4.78 is 5.42. The molecule has 1 aliphatic heterocycles. The van der Waals surface area contributed by atoms with E-state index in [1.807, 2.05) is 19.1 Å². The lowest BCUT2D eigenvalue weighted by atomic mass is 9.94. The predicted molar refractivity (Wildman–Crippen MR) is 107 cm³/mol. The van der Waals surface area contributed by atoms with Gasteiger partial charge >= 0.3 is 5.97 Å². The third-order valence-corrected chi connectivity index (χ3v) is 5.05. The van der Waals surface area contributed by atoms with Crippen molar-refractivity contribution in [2.75, 3.05) is 4.90 Å². The molecule has 0 aromatic heterocycles. The summed E-state index contributed by atoms with van der Waals surface area (Å²) in [5.74, 6) is -0.712. The van der Waals surface area contributed by atoms with E-state index in [-0.39, 0.29) is 17.4 Å². The number of esters is 1. The van der Waals surface area contributed by atoms with E-state index in [0.29, 0.717) is 46.2 Å². The van der Waals surface area contributed by atoms with Crippen molar-refractivity contribution in [1.82, 2.24) is 0 Å². The lowest BCUT2D eigenvalue weighted by Crippen LogP contribution is -2.31. The van der Waals surface area contributed by atoms with Gasteiger partial charge in [0.1, 0.15) is 5.75 Å². The standard InChI is InChI=1S/C23H19NO4/c1-13(2)23(27)28-20-9-5-6-15-16(20)7-4-8-19(15)24-21(25)17-11-10-14(3)12-18(17)22(24)26/h4-10H,1,11-12H2,2-3H3. The van der Waals surface area contributed by atoms with Gasteiger partial charge in [0.2, 0.25) is 0 Å². The fourth-order valence-corrected chi connectivity index (χ4v) is 3.59. The summed E-state index contributed by atoms with van der Waals surface area (Å²) in [5, 5.41) is 1.31. The number of nitrogens with zero attached hydrogens (tertiary/aromatic N) is 1. The van der Waals surface area contributed by atoms with Crippen molar-refractivity contribution in [2.24, 2.45) is 0 Å². The SMILES string of the molecule is C=C(C)C(=O)Oc1cccc2c(N3C(=O)C4=C(CC(C)=CC4)C3=O)cccc12. The summed E-state index contributed by atoms with van der Waals surface area (Å²) in [5.41, 5.74) is 3.02. The minimum Gasteiger partial charge on any atom is -0.423 e. The van der Waals surface area contributed by atoms with Crippen LogP contribution < -0.4 is 9.64 Å². The number of carbonyl (C=O) groups excluding carboxylic acids is 3. The van der Waals surface area contributed by atoms with Gasteiger partial charge in [-0.1, -0.05) is 42.5 Å². The molecule has 0 N–H and O–H groups in total. The fraction of sp³-hybridized carbons (Fsp3) is 0.174. The monoisotopic (exact) mass is 373 g/mol. The van der Waals surface area contributed by atoms with E-state index < -0.39 is 5.97 Å². The largest absolute Gasteiger partial charge is 0.423 e. The molecule has 5 nitrogen and oxygen atoms in total. The first-order valence-corrected chi connectivity index (χ1v) is 9.04. The van der Waals surface area contributed by atoms with Gasteiger partial charge in [-0.2, -0.15) is 0 Å². The highest BCUT2D eigenvalue weighted by Crippen LogP contribution is 2.39. The molecule has 0 radical (unpaired) electrons. The lowest BCUT2D eigenvalue weighted by Gasteiger charge is -2.18. The van der Waals surface area contributed by atoms with Crippen LogP contribution in [0.2, 0.25) is 0 Å². The van der Waals surface area contributed by atoms with Crippen LogP contribution in [0, 0.1) is 0 Å². The Morgan fingerprint density at radius 1 is 1.04 bits per heavy atom. The number of rotatable bonds is 3. The van der Waals surface area contributed by atoms with Gasteiger partial charge in [0.25, 0.3) is 11.8 Å². The Labute approximate surface area is 162 Å². The minimum atomic E-state index is -0.523. The molecule has 2 aromatic carbocycles. The van der Waals surface area contributed by atoms with Gasteiger partial charge in [-0.15, -0.1) is 0 Å². The average Bonchev–Trinajstić information content (AvgIpc) is 2.91. The number of fused-ring (bicyclic) bond motifs is 1. The summed E-state index contributed by atoms with van der Waals surface area (Å²) in [6, 6.07) is 10.5. The van der Waals surface area contributed by atoms with Crippen molar-refractivity contribution >= 4 is 34.2 Å². The van der Waals surface area contributed by atoms with Gasteiger partial charge in [0, 0.05) is 27.5 Å². The normalized spacial score (nSPS) is 16.4. The Morgan fingerprint density at radius 2 is 1.71 bits per heavy atom. The Morgan fingerprint density at radius 3 is 2.46 bits per heavy atom. The van der Waals surface area contributed by atoms with Crippen LogP contribution in [0.1, 0.15) is 26.7 Å². The Balaban J connectivity index is 1.79. The van der Waals surface area contributed by atoms with Crippen molar-refractivity contribution < 1.29 is 19.1 Å². The van der Waals surface area contributed by atoms with Crippen LogP contribution in [0.3, 0.4) is 0 Å². The molecule has 0 fully saturated rings. The highest BCUT2D eigenvalue weighted by atomic mass is 16.5. The summed E-state index contributed by atoms with van der Waals surface area (Å²) in [6.07, 6.45) is 2.98. The molecule has 1 heterocycles. The molecule has 0 saturated carbocycles. The maximum atomic E-state index is 13.0. The first kappa shape index (κ1) is 17.9. The molecule has 2 amide bonds. The van der Waals surface area contributed by atoms with Crippen molar-refractivity contribution in [1.29, 1.82) is 0 Å². The third kappa shape index (κ3) is 2.76. The van der Waals surface area contributed by atoms with Crippen LogP contribution in [0.15, 0.2) is 71.3 Å². The van der Waals surface area contributed by atoms with Crippen molar-refractivity contribution in [2.45, 2.75) is 26.7 Å². The first-order valence-electron chi connectivity index (χ1n) is 9.04. The average molecular weight is 373 g/mol. The van der Waals surface area contributed by atoms with Crippen LogP contribution in [0.4, 0.5) is 5.69 Å². The Bertz CT molecular complexity index is 1140. The zero-order valence-corrected chi connectivity index (χ0v) is 15.7. The van der Waals surface area contributed by atoms with E-state index >= 15 is 0 Å². The summed E-state index contributed by atoms with van der Waals surface area (Å²) in [7, 11) is 0. The van der Waals surface area contributed by atoms with Gasteiger partial charge in [0.15, 0.2) is 0 Å². The Kier molecular flexibility index (Phi) is 4.23. The van der Waals surface area contributed by atoms with E-state index in [1.165, 1.54) is 4.90 Å². The molecular formula is C23H19NO4. The number of hydrogen-bond donors (Lipinski definition) is 0. The molecule has 2 aliphatic rings. The third-order valence-electron chi connectivity index (χ3n) is 5.05. The van der Waals surface area contributed by atoms with Crippen LogP contribution in [0.25, 0.3) is 10.8 Å². The molecule has 28 heavy (non-hydrogen) atoms. The van der Waals surface area contributed by atoms with E-state index in [9.17, 15) is 14.4 Å². The Hall–Kier alpha value is -3.47. The van der Waals surface area contributed by atoms with Crippen LogP contribution in [0.5, 0.6) is 5.75 Å². The summed E-state index contributed by atoms with van der Waals surface area (Å²) in [6.45, 7) is 7.14. The molecule has 0 atom stereocenters. The van der Waals surface area contributed by atoms with Crippen LogP contribution in [-0.4, -0.2) is 17.8 Å². The maximum Gasteiger partial charge on any atom is 0.338 e. The van der Waals surface area contributed by atoms with Crippen LogP contribution >= 0.6 is 0 Å². The number of hydrogen-bond acceptors (Lipinski definition) is 4. The highest BCUT2D eigenvalue weighted by Gasteiger charge is 2.40. The fourth-order valence-electron chi connectivity index (χ4n) is 3.59. The second-order valence-electron chi connectivity index (χ2n) is 7.13. The minimum absolute atomic E-state index is 0.274. The van der Waals surface area contributed by atoms with Gasteiger partial charge in [-0.25, -0.2) is 9.69 Å². The van der Waals surface area contributed by atoms with E-state index in [2.05, 4.69) is 6.58 Å². The molecule has 1 aliphatic carbocycles. The number of amides is 2.